The summed E-state index contributed by atoms with van der Waals surface area (Å²) in [6.45, 7) is 6.44. The zero-order valence-corrected chi connectivity index (χ0v) is 6.90. The number of nitrogens with zero attached hydrogens (tertiary/aromatic N) is 1. The lowest BCUT2D eigenvalue weighted by atomic mass is 9.63. The van der Waals surface area contributed by atoms with Gasteiger partial charge in [-0.15, -0.1) is 0 Å². The molecular weight excluding hydrogens is 122 g/mol. The molecule has 0 radical (unpaired) electrons. The van der Waals surface area contributed by atoms with Gasteiger partial charge in [0.1, 0.15) is 0 Å². The van der Waals surface area contributed by atoms with E-state index in [9.17, 15) is 0 Å². The summed E-state index contributed by atoms with van der Waals surface area (Å²) in [5.41, 5.74) is 0.842. The van der Waals surface area contributed by atoms with E-state index in [1.54, 1.807) is 0 Å². The van der Waals surface area contributed by atoms with Crippen LogP contribution in [-0.2, 0) is 0 Å². The first-order valence-electron chi connectivity index (χ1n) is 4.57. The Kier molecular flexibility index (Phi) is 1.48. The first kappa shape index (κ1) is 6.66. The van der Waals surface area contributed by atoms with E-state index in [0.29, 0.717) is 0 Å². The van der Waals surface area contributed by atoms with Crippen molar-refractivity contribution in [1.29, 1.82) is 0 Å². The minimum atomic E-state index is 0.842. The van der Waals surface area contributed by atoms with E-state index in [4.69, 9.17) is 0 Å². The van der Waals surface area contributed by atoms with Gasteiger partial charge in [-0.1, -0.05) is 13.3 Å². The quantitative estimate of drug-likeness (QED) is 0.564. The van der Waals surface area contributed by atoms with Gasteiger partial charge < -0.3 is 4.90 Å². The molecule has 0 aromatic heterocycles. The number of hydrogen-bond acceptors (Lipinski definition) is 1. The molecule has 0 N–H and O–H groups in total. The Morgan fingerprint density at radius 2 is 2.00 bits per heavy atom. The summed E-state index contributed by atoms with van der Waals surface area (Å²) in [5.74, 6) is 0. The van der Waals surface area contributed by atoms with Gasteiger partial charge in [0.25, 0.3) is 0 Å². The van der Waals surface area contributed by atoms with Crippen molar-refractivity contribution in [1.82, 2.24) is 4.90 Å². The standard InChI is InChI=1S/C9H17N/c1-2-6-10-7-9(8-10)4-3-5-9/h2-8H2,1H3. The molecule has 1 heteroatoms. The smallest absolute Gasteiger partial charge is 0.00505 e. The molecule has 0 aromatic rings. The maximum atomic E-state index is 2.60. The predicted molar refractivity (Wildman–Crippen MR) is 43.0 cm³/mol. The van der Waals surface area contributed by atoms with E-state index >= 15 is 0 Å². The molecule has 58 valence electrons. The molecule has 1 nitrogen and oxygen atoms in total. The Morgan fingerprint density at radius 1 is 1.30 bits per heavy atom. The molecular formula is C9H17N. The van der Waals surface area contributed by atoms with Gasteiger partial charge in [0.2, 0.25) is 0 Å². The molecule has 0 unspecified atom stereocenters. The lowest BCUT2D eigenvalue weighted by Gasteiger charge is -2.56. The molecule has 0 amide bonds. The summed E-state index contributed by atoms with van der Waals surface area (Å²) in [4.78, 5) is 2.60. The summed E-state index contributed by atoms with van der Waals surface area (Å²) in [6.07, 6.45) is 5.87. The van der Waals surface area contributed by atoms with E-state index in [1.807, 2.05) is 0 Å². The Labute approximate surface area is 63.4 Å². The van der Waals surface area contributed by atoms with Gasteiger partial charge in [-0.3, -0.25) is 0 Å². The molecule has 1 aliphatic carbocycles. The number of likely N-dealkylation sites (tertiary alicyclic amines) is 1. The fraction of sp³-hybridized carbons (Fsp3) is 1.00. The summed E-state index contributed by atoms with van der Waals surface area (Å²) < 4.78 is 0. The fourth-order valence-corrected chi connectivity index (χ4v) is 2.37. The van der Waals surface area contributed by atoms with Gasteiger partial charge >= 0.3 is 0 Å². The summed E-state index contributed by atoms with van der Waals surface area (Å²) in [5, 5.41) is 0. The molecule has 2 fully saturated rings. The Hall–Kier alpha value is -0.0400. The van der Waals surface area contributed by atoms with Crippen molar-refractivity contribution in [3.63, 3.8) is 0 Å². The Balaban J connectivity index is 1.72. The zero-order valence-electron chi connectivity index (χ0n) is 6.90. The van der Waals surface area contributed by atoms with Crippen LogP contribution in [0.1, 0.15) is 32.6 Å². The van der Waals surface area contributed by atoms with Gasteiger partial charge in [0, 0.05) is 13.1 Å². The summed E-state index contributed by atoms with van der Waals surface area (Å²) >= 11 is 0. The van der Waals surface area contributed by atoms with Gasteiger partial charge in [-0.25, -0.2) is 0 Å². The summed E-state index contributed by atoms with van der Waals surface area (Å²) in [6, 6.07) is 0. The molecule has 2 rings (SSSR count). The van der Waals surface area contributed by atoms with Crippen molar-refractivity contribution in [2.45, 2.75) is 32.6 Å². The summed E-state index contributed by atoms with van der Waals surface area (Å²) in [7, 11) is 0. The average Bonchev–Trinajstić information content (AvgIpc) is 1.72. The molecule has 1 aliphatic heterocycles. The van der Waals surface area contributed by atoms with Crippen molar-refractivity contribution < 1.29 is 0 Å². The number of hydrogen-bond donors (Lipinski definition) is 0. The van der Waals surface area contributed by atoms with Gasteiger partial charge in [0.15, 0.2) is 0 Å². The van der Waals surface area contributed by atoms with Crippen LogP contribution in [0.5, 0.6) is 0 Å². The third-order valence-electron chi connectivity index (χ3n) is 3.07. The van der Waals surface area contributed by atoms with E-state index in [-0.39, 0.29) is 0 Å². The van der Waals surface area contributed by atoms with Crippen LogP contribution in [0, 0.1) is 5.41 Å². The molecule has 1 saturated heterocycles. The van der Waals surface area contributed by atoms with Crippen LogP contribution in [0.25, 0.3) is 0 Å². The monoisotopic (exact) mass is 139 g/mol. The van der Waals surface area contributed by atoms with Crippen LogP contribution in [0.3, 0.4) is 0 Å². The fourth-order valence-electron chi connectivity index (χ4n) is 2.37. The second kappa shape index (κ2) is 2.23. The molecule has 2 aliphatic rings. The zero-order chi connectivity index (χ0) is 7.03. The minimum absolute atomic E-state index is 0.842. The molecule has 0 aromatic carbocycles. The van der Waals surface area contributed by atoms with E-state index in [0.717, 1.165) is 5.41 Å². The molecule has 1 spiro atoms. The second-order valence-corrected chi connectivity index (χ2v) is 4.06. The molecule has 1 saturated carbocycles. The molecule has 1 heterocycles. The predicted octanol–water partition coefficient (Wildman–Crippen LogP) is 1.88. The maximum Gasteiger partial charge on any atom is 0.00505 e. The highest BCUT2D eigenvalue weighted by Crippen LogP contribution is 2.47. The van der Waals surface area contributed by atoms with Crippen LogP contribution in [0.2, 0.25) is 0 Å². The maximum absolute atomic E-state index is 2.60. The second-order valence-electron chi connectivity index (χ2n) is 4.06. The SMILES string of the molecule is CCCN1CC2(CCC2)C1. The normalized spacial score (nSPS) is 29.7. The van der Waals surface area contributed by atoms with Crippen LogP contribution in [0.15, 0.2) is 0 Å². The molecule has 0 bridgehead atoms. The van der Waals surface area contributed by atoms with E-state index in [2.05, 4.69) is 11.8 Å². The first-order chi connectivity index (χ1) is 4.85. The third kappa shape index (κ3) is 0.878. The van der Waals surface area contributed by atoms with Gasteiger partial charge in [0.05, 0.1) is 0 Å². The minimum Gasteiger partial charge on any atom is -0.302 e. The van der Waals surface area contributed by atoms with E-state index < -0.39 is 0 Å². The highest BCUT2D eigenvalue weighted by atomic mass is 15.2. The topological polar surface area (TPSA) is 3.24 Å². The third-order valence-corrected chi connectivity index (χ3v) is 3.07. The highest BCUT2D eigenvalue weighted by molar-refractivity contribution is 4.99. The van der Waals surface area contributed by atoms with Crippen molar-refractivity contribution in [3.8, 4) is 0 Å². The lowest BCUT2D eigenvalue weighted by Crippen LogP contribution is -2.59. The molecule has 0 atom stereocenters. The Bertz CT molecular complexity index is 119. The van der Waals surface area contributed by atoms with Gasteiger partial charge in [-0.2, -0.15) is 0 Å². The van der Waals surface area contributed by atoms with Crippen LogP contribution in [-0.4, -0.2) is 24.5 Å². The largest absolute Gasteiger partial charge is 0.302 e. The van der Waals surface area contributed by atoms with E-state index in [1.165, 1.54) is 45.3 Å². The van der Waals surface area contributed by atoms with Gasteiger partial charge in [-0.05, 0) is 31.2 Å². The first-order valence-corrected chi connectivity index (χ1v) is 4.57. The number of rotatable bonds is 2. The van der Waals surface area contributed by atoms with Crippen molar-refractivity contribution in [2.24, 2.45) is 5.41 Å². The van der Waals surface area contributed by atoms with Crippen LogP contribution >= 0.6 is 0 Å². The van der Waals surface area contributed by atoms with Crippen LogP contribution in [0.4, 0.5) is 0 Å². The van der Waals surface area contributed by atoms with Crippen LogP contribution < -0.4 is 0 Å². The average molecular weight is 139 g/mol. The molecule has 10 heavy (non-hydrogen) atoms. The van der Waals surface area contributed by atoms with Crippen molar-refractivity contribution in [3.05, 3.63) is 0 Å². The van der Waals surface area contributed by atoms with Crippen molar-refractivity contribution >= 4 is 0 Å². The van der Waals surface area contributed by atoms with Crippen molar-refractivity contribution in [2.75, 3.05) is 19.6 Å². The lowest BCUT2D eigenvalue weighted by molar-refractivity contribution is -0.0591. The highest BCUT2D eigenvalue weighted by Gasteiger charge is 2.46. The Morgan fingerprint density at radius 3 is 2.40 bits per heavy atom.